The van der Waals surface area contributed by atoms with E-state index in [1.54, 1.807) is 20.0 Å². The Labute approximate surface area is 170 Å². The Morgan fingerprint density at radius 1 is 1.28 bits per heavy atom. The van der Waals surface area contributed by atoms with Gasteiger partial charge in [0.25, 0.3) is 5.91 Å². The molecule has 0 aliphatic carbocycles. The minimum absolute atomic E-state index is 0.00491. The van der Waals surface area contributed by atoms with Crippen LogP contribution in [0.2, 0.25) is 0 Å². The summed E-state index contributed by atoms with van der Waals surface area (Å²) in [5.41, 5.74) is 2.40. The first-order valence-electron chi connectivity index (χ1n) is 9.55. The molecule has 2 unspecified atom stereocenters. The lowest BCUT2D eigenvalue weighted by molar-refractivity contribution is -0.117. The highest BCUT2D eigenvalue weighted by molar-refractivity contribution is 5.97. The van der Waals surface area contributed by atoms with Crippen LogP contribution in [-0.4, -0.2) is 34.9 Å². The number of rotatable bonds is 4. The molecule has 0 radical (unpaired) electrons. The fraction of sp³-hybridized carbons (Fsp3) is 0.381. The molecule has 8 heteroatoms. The highest BCUT2D eigenvalue weighted by Crippen LogP contribution is 2.43. The first kappa shape index (κ1) is 20.3. The van der Waals surface area contributed by atoms with Crippen molar-refractivity contribution >= 4 is 23.3 Å². The lowest BCUT2D eigenvalue weighted by atomic mass is 9.80. The van der Waals surface area contributed by atoms with Crippen LogP contribution in [0.15, 0.2) is 30.6 Å². The zero-order chi connectivity index (χ0) is 21.1. The highest BCUT2D eigenvalue weighted by atomic mass is 16.2. The van der Waals surface area contributed by atoms with Gasteiger partial charge in [-0.15, -0.1) is 0 Å². The smallest absolute Gasteiger partial charge is 0.251 e. The number of nitrogens with zero attached hydrogens (tertiary/aromatic N) is 4. The summed E-state index contributed by atoms with van der Waals surface area (Å²) < 4.78 is 0. The Morgan fingerprint density at radius 3 is 2.59 bits per heavy atom. The summed E-state index contributed by atoms with van der Waals surface area (Å²) in [5.74, 6) is 0.357. The molecule has 150 valence electrons. The maximum Gasteiger partial charge on any atom is 0.251 e. The number of carbonyl (C=O) groups excluding carboxylic acids is 2. The van der Waals surface area contributed by atoms with Crippen molar-refractivity contribution in [2.75, 3.05) is 17.3 Å². The number of benzene rings is 1. The second-order valence-corrected chi connectivity index (χ2v) is 7.10. The standard InChI is InChI=1S/C21H24N6O2/c1-5-17-12(2)20(26-19-11-24-15(9-22)10-25-19)16-8-14(21(29)23-4)6-7-18(16)27(17)13(3)28/h6-8,10-12,17,20H,5H2,1-4H3,(H,23,29)(H,25,26)/t12-,17?,20?/m0/s1. The van der Waals surface area contributed by atoms with E-state index in [0.717, 1.165) is 17.7 Å². The summed E-state index contributed by atoms with van der Waals surface area (Å²) in [5, 5.41) is 15.0. The van der Waals surface area contributed by atoms with Crippen LogP contribution in [0, 0.1) is 17.2 Å². The second-order valence-electron chi connectivity index (χ2n) is 7.10. The lowest BCUT2D eigenvalue weighted by Crippen LogP contribution is -2.49. The molecule has 2 N–H and O–H groups in total. The van der Waals surface area contributed by atoms with Gasteiger partial charge in [0.1, 0.15) is 11.9 Å². The van der Waals surface area contributed by atoms with Crippen LogP contribution in [0.5, 0.6) is 0 Å². The SMILES string of the molecule is CCC1[C@H](C)C(Nc2cnc(C#N)cn2)c2cc(C(=O)NC)ccc2N1C(C)=O. The molecule has 2 aromatic rings. The van der Waals surface area contributed by atoms with Crippen LogP contribution in [0.1, 0.15) is 54.8 Å². The Balaban J connectivity index is 2.10. The maximum atomic E-state index is 12.5. The minimum Gasteiger partial charge on any atom is -0.362 e. The Hall–Kier alpha value is -3.47. The largest absolute Gasteiger partial charge is 0.362 e. The molecule has 1 aromatic carbocycles. The van der Waals surface area contributed by atoms with Crippen LogP contribution < -0.4 is 15.5 Å². The molecule has 0 saturated heterocycles. The number of carbonyl (C=O) groups is 2. The van der Waals surface area contributed by atoms with Gasteiger partial charge in [0.2, 0.25) is 5.91 Å². The normalized spacial score (nSPS) is 20.4. The third-order valence-electron chi connectivity index (χ3n) is 5.40. The van der Waals surface area contributed by atoms with Crippen molar-refractivity contribution in [3.05, 3.63) is 47.4 Å². The number of hydrogen-bond acceptors (Lipinski definition) is 6. The van der Waals surface area contributed by atoms with E-state index < -0.39 is 0 Å². The molecule has 0 bridgehead atoms. The average Bonchev–Trinajstić information content (AvgIpc) is 2.74. The molecule has 1 aromatic heterocycles. The lowest BCUT2D eigenvalue weighted by Gasteiger charge is -2.45. The van der Waals surface area contributed by atoms with Crippen molar-refractivity contribution in [2.45, 2.75) is 39.3 Å². The van der Waals surface area contributed by atoms with Crippen LogP contribution in [-0.2, 0) is 4.79 Å². The number of hydrogen-bond donors (Lipinski definition) is 2. The molecular formula is C21H24N6O2. The third-order valence-corrected chi connectivity index (χ3v) is 5.40. The van der Waals surface area contributed by atoms with Gasteiger partial charge in [-0.3, -0.25) is 9.59 Å². The van der Waals surface area contributed by atoms with Crippen molar-refractivity contribution < 1.29 is 9.59 Å². The van der Waals surface area contributed by atoms with Gasteiger partial charge in [-0.1, -0.05) is 13.8 Å². The van der Waals surface area contributed by atoms with Crippen LogP contribution in [0.3, 0.4) is 0 Å². The summed E-state index contributed by atoms with van der Waals surface area (Å²) in [6, 6.07) is 7.15. The first-order valence-corrected chi connectivity index (χ1v) is 9.55. The molecule has 8 nitrogen and oxygen atoms in total. The average molecular weight is 392 g/mol. The van der Waals surface area contributed by atoms with Gasteiger partial charge in [0, 0.05) is 37.2 Å². The molecule has 0 fully saturated rings. The zero-order valence-electron chi connectivity index (χ0n) is 16.9. The van der Waals surface area contributed by atoms with E-state index in [-0.39, 0.29) is 35.5 Å². The highest BCUT2D eigenvalue weighted by Gasteiger charge is 2.40. The van der Waals surface area contributed by atoms with E-state index in [2.05, 4.69) is 34.4 Å². The minimum atomic E-state index is -0.190. The van der Waals surface area contributed by atoms with E-state index in [4.69, 9.17) is 5.26 Å². The summed E-state index contributed by atoms with van der Waals surface area (Å²) in [7, 11) is 1.58. The first-order chi connectivity index (χ1) is 13.9. The quantitative estimate of drug-likeness (QED) is 0.827. The van der Waals surface area contributed by atoms with Crippen molar-refractivity contribution in [3.63, 3.8) is 0 Å². The van der Waals surface area contributed by atoms with Gasteiger partial charge < -0.3 is 15.5 Å². The van der Waals surface area contributed by atoms with Crippen molar-refractivity contribution in [1.29, 1.82) is 5.26 Å². The number of aromatic nitrogens is 2. The number of nitrogens with one attached hydrogen (secondary N) is 2. The number of amides is 2. The van der Waals surface area contributed by atoms with Crippen molar-refractivity contribution in [2.24, 2.45) is 5.92 Å². The van der Waals surface area contributed by atoms with Crippen LogP contribution in [0.4, 0.5) is 11.5 Å². The molecule has 2 heterocycles. The predicted octanol–water partition coefficient (Wildman–Crippen LogP) is 2.64. The predicted molar refractivity (Wildman–Crippen MR) is 109 cm³/mol. The van der Waals surface area contributed by atoms with E-state index in [9.17, 15) is 9.59 Å². The van der Waals surface area contributed by atoms with Crippen LogP contribution >= 0.6 is 0 Å². The molecule has 3 atom stereocenters. The molecule has 0 spiro atoms. The van der Waals surface area contributed by atoms with E-state index in [0.29, 0.717) is 11.4 Å². The summed E-state index contributed by atoms with van der Waals surface area (Å²) in [6.07, 6.45) is 3.72. The Kier molecular flexibility index (Phi) is 5.78. The fourth-order valence-corrected chi connectivity index (χ4v) is 4.01. The third kappa shape index (κ3) is 3.76. The maximum absolute atomic E-state index is 12.5. The number of nitriles is 1. The van der Waals surface area contributed by atoms with Gasteiger partial charge in [0.15, 0.2) is 5.69 Å². The molecule has 1 aliphatic rings. The van der Waals surface area contributed by atoms with Gasteiger partial charge in [0.05, 0.1) is 18.4 Å². The summed E-state index contributed by atoms with van der Waals surface area (Å²) >= 11 is 0. The molecule has 1 aliphatic heterocycles. The fourth-order valence-electron chi connectivity index (χ4n) is 4.01. The number of fused-ring (bicyclic) bond motifs is 1. The van der Waals surface area contributed by atoms with Crippen molar-refractivity contribution in [1.82, 2.24) is 15.3 Å². The summed E-state index contributed by atoms with van der Waals surface area (Å²) in [6.45, 7) is 5.69. The Bertz CT molecular complexity index is 966. The molecular weight excluding hydrogens is 368 g/mol. The van der Waals surface area contributed by atoms with E-state index >= 15 is 0 Å². The van der Waals surface area contributed by atoms with Gasteiger partial charge in [-0.05, 0) is 30.2 Å². The van der Waals surface area contributed by atoms with Crippen molar-refractivity contribution in [3.8, 4) is 6.07 Å². The molecule has 3 rings (SSSR count). The topological polar surface area (TPSA) is 111 Å². The monoisotopic (exact) mass is 392 g/mol. The van der Waals surface area contributed by atoms with Crippen LogP contribution in [0.25, 0.3) is 0 Å². The zero-order valence-corrected chi connectivity index (χ0v) is 16.9. The molecule has 29 heavy (non-hydrogen) atoms. The Morgan fingerprint density at radius 2 is 2.03 bits per heavy atom. The van der Waals surface area contributed by atoms with E-state index in [1.807, 2.05) is 23.1 Å². The van der Waals surface area contributed by atoms with Gasteiger partial charge in [-0.25, -0.2) is 9.97 Å². The van der Waals surface area contributed by atoms with Gasteiger partial charge >= 0.3 is 0 Å². The molecule has 2 amide bonds. The summed E-state index contributed by atoms with van der Waals surface area (Å²) in [4.78, 5) is 34.8. The number of anilines is 2. The van der Waals surface area contributed by atoms with E-state index in [1.165, 1.54) is 12.4 Å². The molecule has 0 saturated carbocycles. The van der Waals surface area contributed by atoms with Gasteiger partial charge in [-0.2, -0.15) is 5.26 Å². The second kappa shape index (κ2) is 8.27.